The van der Waals surface area contributed by atoms with Crippen molar-refractivity contribution >= 4 is 11.8 Å². The first-order valence-electron chi connectivity index (χ1n) is 2.80. The second-order valence-corrected chi connectivity index (χ2v) is 1.76. The van der Waals surface area contributed by atoms with Crippen molar-refractivity contribution in [2.24, 2.45) is 0 Å². The van der Waals surface area contributed by atoms with Gasteiger partial charge in [0.2, 0.25) is 0 Å². The van der Waals surface area contributed by atoms with Crippen LogP contribution in [0.3, 0.4) is 0 Å². The van der Waals surface area contributed by atoms with E-state index in [1.54, 1.807) is 30.3 Å². The third-order valence-corrected chi connectivity index (χ3v) is 1.02. The first-order chi connectivity index (χ1) is 4.79. The first kappa shape index (κ1) is 6.74. The van der Waals surface area contributed by atoms with E-state index in [1.807, 2.05) is 5.32 Å². The van der Waals surface area contributed by atoms with Crippen LogP contribution in [0.5, 0.6) is 0 Å². The highest BCUT2D eigenvalue weighted by atomic mass is 19.1. The number of carbonyl (C=O) groups is 1. The summed E-state index contributed by atoms with van der Waals surface area (Å²) in [4.78, 5) is 9.84. The fourth-order valence-corrected chi connectivity index (χ4v) is 0.635. The summed E-state index contributed by atoms with van der Waals surface area (Å²) in [5.74, 6) is 0. The molecule has 1 N–H and O–H groups in total. The molecule has 0 aromatic heterocycles. The van der Waals surface area contributed by atoms with Crippen LogP contribution in [0.15, 0.2) is 30.3 Å². The van der Waals surface area contributed by atoms with Crippen LogP contribution in [0.1, 0.15) is 0 Å². The molecule has 1 aromatic carbocycles. The molecule has 0 radical (unpaired) electrons. The average Bonchev–Trinajstić information content (AvgIpc) is 1.88. The minimum atomic E-state index is -1.54. The number of amides is 1. The Balaban J connectivity index is 2.67. The van der Waals surface area contributed by atoms with Crippen molar-refractivity contribution in [3.8, 4) is 0 Å². The highest BCUT2D eigenvalue weighted by Gasteiger charge is 1.94. The molecule has 2 nitrogen and oxygen atoms in total. The Kier molecular flexibility index (Phi) is 1.99. The van der Waals surface area contributed by atoms with Crippen molar-refractivity contribution in [3.05, 3.63) is 30.3 Å². The van der Waals surface area contributed by atoms with Gasteiger partial charge in [0.05, 0.1) is 0 Å². The summed E-state index contributed by atoms with van der Waals surface area (Å²) in [6, 6.07) is 8.43. The molecule has 1 amide bonds. The summed E-state index contributed by atoms with van der Waals surface area (Å²) >= 11 is 0. The summed E-state index contributed by atoms with van der Waals surface area (Å²) in [6.45, 7) is 0. The molecule has 0 aliphatic carbocycles. The van der Waals surface area contributed by atoms with Crippen LogP contribution in [0.4, 0.5) is 14.9 Å². The number of rotatable bonds is 1. The number of nitrogens with one attached hydrogen (secondary N) is 1. The fraction of sp³-hybridized carbons (Fsp3) is 0. The third kappa shape index (κ3) is 1.85. The molecule has 0 heterocycles. The highest BCUT2D eigenvalue weighted by Crippen LogP contribution is 2.04. The summed E-state index contributed by atoms with van der Waals surface area (Å²) in [7, 11) is 0. The predicted molar refractivity (Wildman–Crippen MR) is 36.6 cm³/mol. The SMILES string of the molecule is O=C(F)Nc1ccccc1. The van der Waals surface area contributed by atoms with Crippen LogP contribution < -0.4 is 5.32 Å². The number of halogens is 1. The molecule has 0 saturated carbocycles. The number of carbonyl (C=O) groups excluding carboxylic acids is 1. The van der Waals surface area contributed by atoms with Crippen LogP contribution in [-0.4, -0.2) is 6.16 Å². The number of hydrogen-bond donors (Lipinski definition) is 1. The van der Waals surface area contributed by atoms with E-state index < -0.39 is 6.16 Å². The summed E-state index contributed by atoms with van der Waals surface area (Å²) in [5.41, 5.74) is 0.468. The zero-order chi connectivity index (χ0) is 7.40. The average molecular weight is 139 g/mol. The van der Waals surface area contributed by atoms with Crippen molar-refractivity contribution in [2.45, 2.75) is 0 Å². The third-order valence-electron chi connectivity index (χ3n) is 1.02. The van der Waals surface area contributed by atoms with Gasteiger partial charge in [-0.15, -0.1) is 4.39 Å². The van der Waals surface area contributed by atoms with E-state index in [4.69, 9.17) is 0 Å². The van der Waals surface area contributed by atoms with Crippen LogP contribution in [0, 0.1) is 0 Å². The molecule has 0 saturated heterocycles. The molecule has 1 rings (SSSR count). The van der Waals surface area contributed by atoms with Gasteiger partial charge in [0.15, 0.2) is 0 Å². The number of para-hydroxylation sites is 1. The van der Waals surface area contributed by atoms with Crippen LogP contribution in [0.2, 0.25) is 0 Å². The van der Waals surface area contributed by atoms with Gasteiger partial charge < -0.3 is 0 Å². The number of anilines is 1. The van der Waals surface area contributed by atoms with E-state index in [2.05, 4.69) is 0 Å². The first-order valence-corrected chi connectivity index (χ1v) is 2.80. The van der Waals surface area contributed by atoms with Gasteiger partial charge in [-0.2, -0.15) is 0 Å². The molecule has 0 aliphatic rings. The summed E-state index contributed by atoms with van der Waals surface area (Å²) in [6.07, 6.45) is -1.54. The van der Waals surface area contributed by atoms with Gasteiger partial charge in [-0.3, -0.25) is 5.32 Å². The highest BCUT2D eigenvalue weighted by molar-refractivity contribution is 5.83. The molecule has 3 heteroatoms. The minimum Gasteiger partial charge on any atom is -0.298 e. The maximum absolute atomic E-state index is 11.6. The minimum absolute atomic E-state index is 0.468. The molecule has 0 bridgehead atoms. The fourth-order valence-electron chi connectivity index (χ4n) is 0.635. The van der Waals surface area contributed by atoms with Gasteiger partial charge in [0.1, 0.15) is 0 Å². The van der Waals surface area contributed by atoms with E-state index >= 15 is 0 Å². The Morgan fingerprint density at radius 2 is 1.90 bits per heavy atom. The molecule has 0 aliphatic heterocycles. The maximum Gasteiger partial charge on any atom is 0.401 e. The molecule has 0 spiro atoms. The lowest BCUT2D eigenvalue weighted by Gasteiger charge is -1.95. The molecule has 0 atom stereocenters. The van der Waals surface area contributed by atoms with Crippen LogP contribution >= 0.6 is 0 Å². The van der Waals surface area contributed by atoms with Gasteiger partial charge in [-0.1, -0.05) is 18.2 Å². The van der Waals surface area contributed by atoms with Crippen molar-refractivity contribution in [1.82, 2.24) is 0 Å². The van der Waals surface area contributed by atoms with E-state index in [-0.39, 0.29) is 0 Å². The van der Waals surface area contributed by atoms with Gasteiger partial charge in [-0.25, -0.2) is 4.79 Å². The molecular weight excluding hydrogens is 133 g/mol. The van der Waals surface area contributed by atoms with E-state index in [0.717, 1.165) is 0 Å². The number of hydrogen-bond acceptors (Lipinski definition) is 1. The normalized spacial score (nSPS) is 8.90. The lowest BCUT2D eigenvalue weighted by atomic mass is 10.3. The Morgan fingerprint density at radius 3 is 2.40 bits per heavy atom. The topological polar surface area (TPSA) is 29.1 Å². The lowest BCUT2D eigenvalue weighted by Crippen LogP contribution is -2.00. The molecule has 0 fully saturated rings. The van der Waals surface area contributed by atoms with Gasteiger partial charge >= 0.3 is 6.16 Å². The second kappa shape index (κ2) is 2.96. The molecule has 0 unspecified atom stereocenters. The Morgan fingerprint density at radius 1 is 1.30 bits per heavy atom. The smallest absolute Gasteiger partial charge is 0.298 e. The Bertz CT molecular complexity index is 222. The van der Waals surface area contributed by atoms with E-state index in [1.165, 1.54) is 0 Å². The maximum atomic E-state index is 11.6. The van der Waals surface area contributed by atoms with Crippen molar-refractivity contribution in [2.75, 3.05) is 5.32 Å². The molecule has 10 heavy (non-hydrogen) atoms. The van der Waals surface area contributed by atoms with Crippen molar-refractivity contribution in [1.29, 1.82) is 0 Å². The van der Waals surface area contributed by atoms with Gasteiger partial charge in [0, 0.05) is 5.69 Å². The summed E-state index contributed by atoms with van der Waals surface area (Å²) < 4.78 is 11.6. The van der Waals surface area contributed by atoms with Crippen molar-refractivity contribution < 1.29 is 9.18 Å². The molecular formula is C7H6FNO. The zero-order valence-corrected chi connectivity index (χ0v) is 5.17. The summed E-state index contributed by atoms with van der Waals surface area (Å²) in [5, 5.41) is 2.00. The zero-order valence-electron chi connectivity index (χ0n) is 5.17. The predicted octanol–water partition coefficient (Wildman–Crippen LogP) is 2.19. The van der Waals surface area contributed by atoms with E-state index in [9.17, 15) is 9.18 Å². The molecule has 1 aromatic rings. The van der Waals surface area contributed by atoms with Crippen LogP contribution in [-0.2, 0) is 0 Å². The monoisotopic (exact) mass is 139 g/mol. The second-order valence-electron chi connectivity index (χ2n) is 1.76. The van der Waals surface area contributed by atoms with Crippen molar-refractivity contribution in [3.63, 3.8) is 0 Å². The van der Waals surface area contributed by atoms with Crippen LogP contribution in [0.25, 0.3) is 0 Å². The standard InChI is InChI=1S/C7H6FNO/c8-7(10)9-6-4-2-1-3-5-6/h1-5H,(H,9,10). The largest absolute Gasteiger partial charge is 0.401 e. The number of benzene rings is 1. The Labute approximate surface area is 57.7 Å². The Hall–Kier alpha value is -1.38. The van der Waals surface area contributed by atoms with Gasteiger partial charge in [-0.05, 0) is 12.1 Å². The molecule has 52 valence electrons. The van der Waals surface area contributed by atoms with E-state index in [0.29, 0.717) is 5.69 Å². The lowest BCUT2D eigenvalue weighted by molar-refractivity contribution is 0.235. The van der Waals surface area contributed by atoms with Gasteiger partial charge in [0.25, 0.3) is 0 Å². The quantitative estimate of drug-likeness (QED) is 0.469.